The van der Waals surface area contributed by atoms with E-state index in [4.69, 9.17) is 0 Å². The zero-order chi connectivity index (χ0) is 23.0. The zero-order valence-corrected chi connectivity index (χ0v) is 18.4. The Hall–Kier alpha value is -4.25. The number of carbonyl (C=O) groups is 2. The second-order valence-corrected chi connectivity index (χ2v) is 7.69. The molecule has 2 amide bonds. The molecule has 164 valence electrons. The molecule has 4 rings (SSSR count). The maximum atomic E-state index is 13.0. The van der Waals surface area contributed by atoms with Gasteiger partial charge in [0.1, 0.15) is 0 Å². The molecule has 5 heteroatoms. The van der Waals surface area contributed by atoms with Crippen LogP contribution in [0.4, 0.5) is 11.4 Å². The van der Waals surface area contributed by atoms with Gasteiger partial charge < -0.3 is 0 Å². The highest BCUT2D eigenvalue weighted by Gasteiger charge is 2.18. The number of rotatable bonds is 7. The Bertz CT molecular complexity index is 1240. The van der Waals surface area contributed by atoms with Crippen LogP contribution in [-0.4, -0.2) is 17.5 Å². The predicted octanol–water partition coefficient (Wildman–Crippen LogP) is 5.83. The van der Waals surface area contributed by atoms with E-state index < -0.39 is 0 Å². The van der Waals surface area contributed by atoms with Gasteiger partial charge >= 0.3 is 0 Å². The van der Waals surface area contributed by atoms with E-state index in [9.17, 15) is 9.59 Å². The van der Waals surface area contributed by atoms with Gasteiger partial charge in [-0.2, -0.15) is 5.10 Å². The van der Waals surface area contributed by atoms with Crippen LogP contribution < -0.4 is 10.3 Å². The highest BCUT2D eigenvalue weighted by molar-refractivity contribution is 6.03. The third kappa shape index (κ3) is 5.52. The minimum Gasteiger partial charge on any atom is -0.281 e. The molecule has 0 bridgehead atoms. The van der Waals surface area contributed by atoms with E-state index in [0.29, 0.717) is 5.71 Å². The summed E-state index contributed by atoms with van der Waals surface area (Å²) in [5.41, 5.74) is 5.75. The van der Waals surface area contributed by atoms with E-state index in [1.54, 1.807) is 4.90 Å². The highest BCUT2D eigenvalue weighted by atomic mass is 16.2. The van der Waals surface area contributed by atoms with Gasteiger partial charge in [-0.15, -0.1) is 0 Å². The van der Waals surface area contributed by atoms with Crippen LogP contribution in [0.3, 0.4) is 0 Å². The van der Waals surface area contributed by atoms with Crippen molar-refractivity contribution in [2.75, 3.05) is 4.90 Å². The fourth-order valence-corrected chi connectivity index (χ4v) is 3.60. The molecule has 5 nitrogen and oxygen atoms in total. The summed E-state index contributed by atoms with van der Waals surface area (Å²) in [5.74, 6) is -0.456. The van der Waals surface area contributed by atoms with E-state index in [-0.39, 0.29) is 24.7 Å². The summed E-state index contributed by atoms with van der Waals surface area (Å²) in [5, 5.41) is 6.50. The summed E-state index contributed by atoms with van der Waals surface area (Å²) in [7, 11) is 0. The van der Waals surface area contributed by atoms with E-state index in [2.05, 4.69) is 16.6 Å². The van der Waals surface area contributed by atoms with Gasteiger partial charge in [-0.25, -0.2) is 5.43 Å². The van der Waals surface area contributed by atoms with Crippen LogP contribution in [0.15, 0.2) is 108 Å². The maximum absolute atomic E-state index is 13.0. The smallest absolute Gasteiger partial charge is 0.240 e. The third-order valence-electron chi connectivity index (χ3n) is 5.36. The lowest BCUT2D eigenvalue weighted by Crippen LogP contribution is -2.28. The van der Waals surface area contributed by atoms with Crippen molar-refractivity contribution in [3.8, 4) is 0 Å². The third-order valence-corrected chi connectivity index (χ3v) is 5.36. The Morgan fingerprint density at radius 2 is 1.30 bits per heavy atom. The first-order chi connectivity index (χ1) is 16.1. The van der Waals surface area contributed by atoms with Crippen LogP contribution in [0, 0.1) is 0 Å². The molecular weight excluding hydrogens is 410 g/mol. The second kappa shape index (κ2) is 10.4. The fraction of sp³-hybridized carbons (Fsp3) is 0.107. The van der Waals surface area contributed by atoms with Gasteiger partial charge in [0.2, 0.25) is 11.8 Å². The number of fused-ring (bicyclic) bond motifs is 1. The quantitative estimate of drug-likeness (QED) is 0.293. The summed E-state index contributed by atoms with van der Waals surface area (Å²) >= 11 is 0. The van der Waals surface area contributed by atoms with Crippen molar-refractivity contribution < 1.29 is 9.59 Å². The van der Waals surface area contributed by atoms with Gasteiger partial charge in [-0.1, -0.05) is 72.8 Å². The largest absolute Gasteiger partial charge is 0.281 e. The highest BCUT2D eigenvalue weighted by Crippen LogP contribution is 2.26. The van der Waals surface area contributed by atoms with Crippen molar-refractivity contribution in [2.24, 2.45) is 5.10 Å². The van der Waals surface area contributed by atoms with Crippen molar-refractivity contribution >= 4 is 39.7 Å². The van der Waals surface area contributed by atoms with Crippen molar-refractivity contribution in [2.45, 2.75) is 19.8 Å². The fourth-order valence-electron chi connectivity index (χ4n) is 3.60. The van der Waals surface area contributed by atoms with Gasteiger partial charge in [-0.3, -0.25) is 14.5 Å². The number of hydrazone groups is 1. The Labute approximate surface area is 193 Å². The maximum Gasteiger partial charge on any atom is 0.240 e. The molecule has 1 N–H and O–H groups in total. The summed E-state index contributed by atoms with van der Waals surface area (Å²) in [4.78, 5) is 27.1. The lowest BCUT2D eigenvalue weighted by Gasteiger charge is -2.23. The molecule has 0 heterocycles. The van der Waals surface area contributed by atoms with Crippen molar-refractivity contribution in [1.82, 2.24) is 5.43 Å². The van der Waals surface area contributed by atoms with Crippen LogP contribution >= 0.6 is 0 Å². The van der Waals surface area contributed by atoms with Crippen LogP contribution in [0.25, 0.3) is 10.8 Å². The van der Waals surface area contributed by atoms with E-state index >= 15 is 0 Å². The molecule has 0 fully saturated rings. The van der Waals surface area contributed by atoms with Crippen LogP contribution in [0.2, 0.25) is 0 Å². The second-order valence-electron chi connectivity index (χ2n) is 7.69. The van der Waals surface area contributed by atoms with E-state index in [1.165, 1.54) is 0 Å². The first-order valence-corrected chi connectivity index (χ1v) is 10.9. The molecule has 4 aromatic rings. The molecule has 0 saturated heterocycles. The molecule has 0 aliphatic carbocycles. The normalized spacial score (nSPS) is 11.2. The lowest BCUT2D eigenvalue weighted by molar-refractivity contribution is -0.124. The molecule has 0 radical (unpaired) electrons. The summed E-state index contributed by atoms with van der Waals surface area (Å²) in [6.45, 7) is 1.85. The average molecular weight is 436 g/mol. The summed E-state index contributed by atoms with van der Waals surface area (Å²) in [6.07, 6.45) is 0.115. The van der Waals surface area contributed by atoms with Crippen molar-refractivity contribution in [3.63, 3.8) is 0 Å². The SMILES string of the molecule is C/C(=N\NC(=O)CCC(=O)N(c1ccccc1)c1ccccc1)c1ccc2ccccc2c1. The molecule has 0 saturated carbocycles. The van der Waals surface area contributed by atoms with E-state index in [1.807, 2.05) is 104 Å². The predicted molar refractivity (Wildman–Crippen MR) is 134 cm³/mol. The van der Waals surface area contributed by atoms with Crippen LogP contribution in [-0.2, 0) is 9.59 Å². The molecule has 4 aromatic carbocycles. The number of benzene rings is 4. The van der Waals surface area contributed by atoms with Crippen LogP contribution in [0.1, 0.15) is 25.3 Å². The monoisotopic (exact) mass is 435 g/mol. The van der Waals surface area contributed by atoms with E-state index in [0.717, 1.165) is 27.7 Å². The van der Waals surface area contributed by atoms with Crippen molar-refractivity contribution in [3.05, 3.63) is 109 Å². The molecular formula is C28H25N3O2. The summed E-state index contributed by atoms with van der Waals surface area (Å²) in [6, 6.07) is 33.0. The first kappa shape index (κ1) is 22.0. The number of hydrogen-bond acceptors (Lipinski definition) is 3. The Morgan fingerprint density at radius 3 is 1.94 bits per heavy atom. The van der Waals surface area contributed by atoms with Crippen LogP contribution in [0.5, 0.6) is 0 Å². The molecule has 0 atom stereocenters. The first-order valence-electron chi connectivity index (χ1n) is 10.9. The van der Waals surface area contributed by atoms with Gasteiger partial charge in [0.15, 0.2) is 0 Å². The molecule has 0 unspecified atom stereocenters. The summed E-state index contributed by atoms with van der Waals surface area (Å²) < 4.78 is 0. The number of hydrogen-bond donors (Lipinski definition) is 1. The van der Waals surface area contributed by atoms with Gasteiger partial charge in [0.05, 0.1) is 5.71 Å². The number of para-hydroxylation sites is 2. The molecule has 0 aliphatic heterocycles. The Kier molecular flexibility index (Phi) is 6.90. The van der Waals surface area contributed by atoms with Crippen molar-refractivity contribution in [1.29, 1.82) is 0 Å². The molecule has 33 heavy (non-hydrogen) atoms. The minimum absolute atomic E-state index is 0.0451. The number of carbonyl (C=O) groups excluding carboxylic acids is 2. The number of amides is 2. The topological polar surface area (TPSA) is 61.8 Å². The van der Waals surface area contributed by atoms with Gasteiger partial charge in [0.25, 0.3) is 0 Å². The molecule has 0 spiro atoms. The number of anilines is 2. The Morgan fingerprint density at radius 1 is 0.727 bits per heavy atom. The van der Waals surface area contributed by atoms with Gasteiger partial charge in [0, 0.05) is 24.2 Å². The lowest BCUT2D eigenvalue weighted by atomic mass is 10.0. The average Bonchev–Trinajstić information content (AvgIpc) is 2.87. The Balaban J connectivity index is 1.40. The number of nitrogens with zero attached hydrogens (tertiary/aromatic N) is 2. The minimum atomic E-state index is -0.301. The molecule has 0 aromatic heterocycles. The number of nitrogens with one attached hydrogen (secondary N) is 1. The standard InChI is InChI=1S/C28H25N3O2/c1-21(23-17-16-22-10-8-9-11-24(22)20-23)29-30-27(32)18-19-28(33)31(25-12-4-2-5-13-25)26-14-6-3-7-15-26/h2-17,20H,18-19H2,1H3,(H,30,32)/b29-21+. The van der Waals surface area contributed by atoms with Gasteiger partial charge in [-0.05, 0) is 53.6 Å². The molecule has 0 aliphatic rings. The zero-order valence-electron chi connectivity index (χ0n) is 18.4.